The predicted octanol–water partition coefficient (Wildman–Crippen LogP) is 1.04. The van der Waals surface area contributed by atoms with Gasteiger partial charge in [-0.1, -0.05) is 0 Å². The van der Waals surface area contributed by atoms with Crippen molar-refractivity contribution in [3.05, 3.63) is 23.7 Å². The molecule has 0 amide bonds. The lowest BCUT2D eigenvalue weighted by atomic mass is 10.2. The monoisotopic (exact) mass is 169 g/mol. The largest absolute Gasteiger partial charge is 0.478 e. The minimum Gasteiger partial charge on any atom is -0.478 e. The van der Waals surface area contributed by atoms with Gasteiger partial charge in [-0.3, -0.25) is 0 Å². The Kier molecular flexibility index (Phi) is 2.50. The normalized spacial score (nSPS) is 10.6. The van der Waals surface area contributed by atoms with Crippen LogP contribution in [0.1, 0.15) is 16.1 Å². The topological polar surface area (TPSA) is 53.7 Å². The third-order valence-electron chi connectivity index (χ3n) is 1.44. The summed E-state index contributed by atoms with van der Waals surface area (Å²) in [4.78, 5) is 12.4. The van der Waals surface area contributed by atoms with Crippen molar-refractivity contribution in [2.75, 3.05) is 14.1 Å². The first kappa shape index (κ1) is 8.80. The quantitative estimate of drug-likeness (QED) is 0.734. The Balaban J connectivity index is 2.84. The summed E-state index contributed by atoms with van der Waals surface area (Å²) < 4.78 is 5.01. The SMILES string of the molecule is CN(C)Cc1occc1C(=O)O. The standard InChI is InChI=1S/C8H11NO3/c1-9(2)5-7-6(8(10)11)3-4-12-7/h3-4H,5H2,1-2H3,(H,10,11). The lowest BCUT2D eigenvalue weighted by molar-refractivity contribution is 0.0693. The van der Waals surface area contributed by atoms with E-state index in [2.05, 4.69) is 0 Å². The Morgan fingerprint density at radius 2 is 2.33 bits per heavy atom. The van der Waals surface area contributed by atoms with E-state index in [9.17, 15) is 4.79 Å². The molecule has 0 aliphatic rings. The number of rotatable bonds is 3. The van der Waals surface area contributed by atoms with Crippen molar-refractivity contribution < 1.29 is 14.3 Å². The van der Waals surface area contributed by atoms with Crippen LogP contribution in [0.4, 0.5) is 0 Å². The summed E-state index contributed by atoms with van der Waals surface area (Å²) in [6, 6.07) is 1.46. The van der Waals surface area contributed by atoms with Crippen molar-refractivity contribution in [2.24, 2.45) is 0 Å². The van der Waals surface area contributed by atoms with Gasteiger partial charge in [-0.2, -0.15) is 0 Å². The highest BCUT2D eigenvalue weighted by Gasteiger charge is 2.12. The Hall–Kier alpha value is -1.29. The molecule has 1 aromatic heterocycles. The first-order chi connectivity index (χ1) is 5.61. The van der Waals surface area contributed by atoms with Gasteiger partial charge in [0.1, 0.15) is 11.3 Å². The molecule has 0 radical (unpaired) electrons. The maximum atomic E-state index is 10.6. The van der Waals surface area contributed by atoms with Crippen molar-refractivity contribution in [3.8, 4) is 0 Å². The first-order valence-electron chi connectivity index (χ1n) is 3.55. The van der Waals surface area contributed by atoms with Crippen LogP contribution < -0.4 is 0 Å². The number of carboxylic acid groups (broad SMARTS) is 1. The molecule has 0 unspecified atom stereocenters. The van der Waals surface area contributed by atoms with Crippen LogP contribution in [0, 0.1) is 0 Å². The van der Waals surface area contributed by atoms with Gasteiger partial charge < -0.3 is 14.4 Å². The van der Waals surface area contributed by atoms with Crippen LogP contribution in [0.15, 0.2) is 16.7 Å². The van der Waals surface area contributed by atoms with Crippen molar-refractivity contribution in [1.82, 2.24) is 4.90 Å². The van der Waals surface area contributed by atoms with Crippen LogP contribution in [-0.2, 0) is 6.54 Å². The van der Waals surface area contributed by atoms with Gasteiger partial charge in [0.2, 0.25) is 0 Å². The summed E-state index contributed by atoms with van der Waals surface area (Å²) >= 11 is 0. The maximum Gasteiger partial charge on any atom is 0.339 e. The van der Waals surface area contributed by atoms with E-state index in [1.807, 2.05) is 19.0 Å². The van der Waals surface area contributed by atoms with E-state index < -0.39 is 5.97 Å². The second-order valence-electron chi connectivity index (χ2n) is 2.80. The van der Waals surface area contributed by atoms with Gasteiger partial charge in [-0.15, -0.1) is 0 Å². The highest BCUT2D eigenvalue weighted by molar-refractivity contribution is 5.88. The fraction of sp³-hybridized carbons (Fsp3) is 0.375. The lowest BCUT2D eigenvalue weighted by Gasteiger charge is -2.06. The zero-order valence-corrected chi connectivity index (χ0v) is 7.07. The highest BCUT2D eigenvalue weighted by Crippen LogP contribution is 2.11. The number of nitrogens with zero attached hydrogens (tertiary/aromatic N) is 1. The molecule has 1 heterocycles. The summed E-state index contributed by atoms with van der Waals surface area (Å²) in [5, 5.41) is 8.69. The zero-order valence-electron chi connectivity index (χ0n) is 7.07. The molecule has 66 valence electrons. The van der Waals surface area contributed by atoms with Crippen LogP contribution in [0.25, 0.3) is 0 Å². The minimum atomic E-state index is -0.944. The molecule has 4 heteroatoms. The number of hydrogen-bond acceptors (Lipinski definition) is 3. The van der Waals surface area contributed by atoms with Crippen LogP contribution in [0.2, 0.25) is 0 Å². The average Bonchev–Trinajstić information content (AvgIpc) is 2.33. The smallest absolute Gasteiger partial charge is 0.339 e. The Morgan fingerprint density at radius 3 is 2.83 bits per heavy atom. The Labute approximate surface area is 70.4 Å². The van der Waals surface area contributed by atoms with Crippen LogP contribution in [-0.4, -0.2) is 30.1 Å². The first-order valence-corrected chi connectivity index (χ1v) is 3.55. The molecule has 0 saturated heterocycles. The number of hydrogen-bond donors (Lipinski definition) is 1. The summed E-state index contributed by atoms with van der Waals surface area (Å²) in [7, 11) is 3.71. The molecule has 0 aliphatic carbocycles. The van der Waals surface area contributed by atoms with Crippen LogP contribution in [0.5, 0.6) is 0 Å². The molecule has 1 aromatic rings. The van der Waals surface area contributed by atoms with E-state index in [4.69, 9.17) is 9.52 Å². The molecule has 12 heavy (non-hydrogen) atoms. The van der Waals surface area contributed by atoms with Gasteiger partial charge in [-0.05, 0) is 20.2 Å². The molecular formula is C8H11NO3. The number of carboxylic acids is 1. The van der Waals surface area contributed by atoms with E-state index in [1.165, 1.54) is 12.3 Å². The lowest BCUT2D eigenvalue weighted by Crippen LogP contribution is -2.12. The third-order valence-corrected chi connectivity index (χ3v) is 1.44. The van der Waals surface area contributed by atoms with Gasteiger partial charge in [0, 0.05) is 0 Å². The third kappa shape index (κ3) is 1.85. The molecule has 1 rings (SSSR count). The van der Waals surface area contributed by atoms with E-state index >= 15 is 0 Å². The number of carbonyl (C=O) groups is 1. The number of furan rings is 1. The molecule has 1 N–H and O–H groups in total. The van der Waals surface area contributed by atoms with Gasteiger partial charge in [-0.25, -0.2) is 4.79 Å². The predicted molar refractivity (Wildman–Crippen MR) is 43.1 cm³/mol. The summed E-state index contributed by atoms with van der Waals surface area (Å²) in [6.45, 7) is 0.509. The summed E-state index contributed by atoms with van der Waals surface area (Å²) in [5.74, 6) is -0.451. The Morgan fingerprint density at radius 1 is 1.67 bits per heavy atom. The van der Waals surface area contributed by atoms with Crippen molar-refractivity contribution in [3.63, 3.8) is 0 Å². The zero-order chi connectivity index (χ0) is 9.14. The summed E-state index contributed by atoms with van der Waals surface area (Å²) in [6.07, 6.45) is 1.39. The van der Waals surface area contributed by atoms with Crippen molar-refractivity contribution in [1.29, 1.82) is 0 Å². The molecule has 0 bridgehead atoms. The van der Waals surface area contributed by atoms with Gasteiger partial charge >= 0.3 is 5.97 Å². The van der Waals surface area contributed by atoms with E-state index in [-0.39, 0.29) is 5.56 Å². The molecular weight excluding hydrogens is 158 g/mol. The summed E-state index contributed by atoms with van der Waals surface area (Å²) in [5.41, 5.74) is 0.240. The molecule has 0 atom stereocenters. The second kappa shape index (κ2) is 3.40. The minimum absolute atomic E-state index is 0.240. The average molecular weight is 169 g/mol. The van der Waals surface area contributed by atoms with E-state index in [0.717, 1.165) is 0 Å². The fourth-order valence-corrected chi connectivity index (χ4v) is 0.941. The highest BCUT2D eigenvalue weighted by atomic mass is 16.4. The molecule has 0 aliphatic heterocycles. The molecule has 0 spiro atoms. The van der Waals surface area contributed by atoms with Crippen LogP contribution >= 0.6 is 0 Å². The second-order valence-corrected chi connectivity index (χ2v) is 2.80. The van der Waals surface area contributed by atoms with Crippen molar-refractivity contribution >= 4 is 5.97 Å². The molecule has 0 saturated carbocycles. The number of aromatic carboxylic acids is 1. The molecule has 0 fully saturated rings. The molecule has 0 aromatic carbocycles. The van der Waals surface area contributed by atoms with Crippen LogP contribution in [0.3, 0.4) is 0 Å². The fourth-order valence-electron chi connectivity index (χ4n) is 0.941. The van der Waals surface area contributed by atoms with Crippen molar-refractivity contribution in [2.45, 2.75) is 6.54 Å². The van der Waals surface area contributed by atoms with E-state index in [1.54, 1.807) is 0 Å². The van der Waals surface area contributed by atoms with E-state index in [0.29, 0.717) is 12.3 Å². The van der Waals surface area contributed by atoms with Gasteiger partial charge in [0.25, 0.3) is 0 Å². The van der Waals surface area contributed by atoms with Gasteiger partial charge in [0.15, 0.2) is 0 Å². The van der Waals surface area contributed by atoms with Gasteiger partial charge in [0.05, 0.1) is 12.8 Å². The molecule has 4 nitrogen and oxygen atoms in total. The maximum absolute atomic E-state index is 10.6. The Bertz CT molecular complexity index is 278.